The number of carboxylic acids is 1. The molecule has 0 heterocycles. The van der Waals surface area contributed by atoms with Gasteiger partial charge in [-0.15, -0.1) is 0 Å². The summed E-state index contributed by atoms with van der Waals surface area (Å²) in [6, 6.07) is 5.82. The molecule has 0 aliphatic carbocycles. The molecule has 0 saturated carbocycles. The summed E-state index contributed by atoms with van der Waals surface area (Å²) in [4.78, 5) is 32.7. The zero-order valence-electron chi connectivity index (χ0n) is 8.91. The van der Waals surface area contributed by atoms with Crippen LogP contribution in [0.4, 0.5) is 5.69 Å². The molecule has 1 N–H and O–H groups in total. The first kappa shape index (κ1) is 12.7. The molecule has 1 aromatic carbocycles. The summed E-state index contributed by atoms with van der Waals surface area (Å²) in [6.07, 6.45) is 0.587. The van der Waals surface area contributed by atoms with Gasteiger partial charge >= 0.3 is 5.97 Å². The highest BCUT2D eigenvalue weighted by atomic mass is 16.5. The topological polar surface area (TPSA) is 83.9 Å². The Kier molecular flexibility index (Phi) is 4.68. The summed E-state index contributed by atoms with van der Waals surface area (Å²) in [5.74, 6) is -1.03. The molecule has 1 amide bonds. The van der Waals surface area contributed by atoms with Gasteiger partial charge < -0.3 is 14.7 Å². The lowest BCUT2D eigenvalue weighted by atomic mass is 10.2. The predicted octanol–water partition coefficient (Wildman–Crippen LogP) is 0.521. The minimum atomic E-state index is -1.03. The first-order chi connectivity index (χ1) is 8.19. The minimum absolute atomic E-state index is 0.0862. The molecule has 0 spiro atoms. The number of hydrogen-bond donors (Lipinski definition) is 1. The smallest absolute Gasteiger partial charge is 0.335 e. The highest BCUT2D eigenvalue weighted by Gasteiger charge is 2.07. The third-order valence-electron chi connectivity index (χ3n) is 2.09. The van der Waals surface area contributed by atoms with E-state index in [-0.39, 0.29) is 18.7 Å². The normalized spacial score (nSPS) is 9.41. The number of benzene rings is 1. The van der Waals surface area contributed by atoms with E-state index in [9.17, 15) is 14.4 Å². The van der Waals surface area contributed by atoms with Crippen molar-refractivity contribution in [2.75, 3.05) is 18.1 Å². The van der Waals surface area contributed by atoms with Crippen LogP contribution in [0.15, 0.2) is 24.3 Å². The maximum Gasteiger partial charge on any atom is 0.335 e. The van der Waals surface area contributed by atoms with Crippen LogP contribution in [0, 0.1) is 0 Å². The Morgan fingerprint density at radius 1 is 1.29 bits per heavy atom. The third-order valence-corrected chi connectivity index (χ3v) is 2.09. The SMILES string of the molecule is O=COCCN(C=O)c1ccc(C(=O)O)cc1. The van der Waals surface area contributed by atoms with Crippen LogP contribution in [-0.4, -0.2) is 37.1 Å². The molecule has 0 radical (unpaired) electrons. The van der Waals surface area contributed by atoms with Gasteiger partial charge in [-0.25, -0.2) is 4.79 Å². The van der Waals surface area contributed by atoms with Crippen molar-refractivity contribution in [2.24, 2.45) is 0 Å². The summed E-state index contributed by atoms with van der Waals surface area (Å²) >= 11 is 0. The van der Waals surface area contributed by atoms with Gasteiger partial charge in [0.05, 0.1) is 12.1 Å². The van der Waals surface area contributed by atoms with Crippen LogP contribution >= 0.6 is 0 Å². The summed E-state index contributed by atoms with van der Waals surface area (Å²) < 4.78 is 4.47. The van der Waals surface area contributed by atoms with Gasteiger partial charge in [-0.3, -0.25) is 9.59 Å². The summed E-state index contributed by atoms with van der Waals surface area (Å²) in [5, 5.41) is 8.70. The van der Waals surface area contributed by atoms with E-state index in [2.05, 4.69) is 4.74 Å². The predicted molar refractivity (Wildman–Crippen MR) is 58.8 cm³/mol. The van der Waals surface area contributed by atoms with E-state index in [1.165, 1.54) is 29.2 Å². The highest BCUT2D eigenvalue weighted by molar-refractivity contribution is 5.88. The number of carbonyl (C=O) groups excluding carboxylic acids is 2. The van der Waals surface area contributed by atoms with Crippen molar-refractivity contribution in [1.82, 2.24) is 0 Å². The van der Waals surface area contributed by atoms with Gasteiger partial charge in [-0.2, -0.15) is 0 Å². The van der Waals surface area contributed by atoms with Crippen LogP contribution in [0.3, 0.4) is 0 Å². The number of nitrogens with zero attached hydrogens (tertiary/aromatic N) is 1. The molecule has 0 atom stereocenters. The summed E-state index contributed by atoms with van der Waals surface area (Å²) in [7, 11) is 0. The second kappa shape index (κ2) is 6.26. The minimum Gasteiger partial charge on any atom is -0.478 e. The average Bonchev–Trinajstić information content (AvgIpc) is 2.35. The molecule has 1 aromatic rings. The summed E-state index contributed by atoms with van der Waals surface area (Å²) in [5.41, 5.74) is 0.684. The van der Waals surface area contributed by atoms with Crippen LogP contribution in [0.5, 0.6) is 0 Å². The van der Waals surface area contributed by atoms with E-state index in [4.69, 9.17) is 5.11 Å². The number of hydrogen-bond acceptors (Lipinski definition) is 4. The largest absolute Gasteiger partial charge is 0.478 e. The van der Waals surface area contributed by atoms with Crippen molar-refractivity contribution >= 4 is 24.5 Å². The van der Waals surface area contributed by atoms with Crippen molar-refractivity contribution in [3.8, 4) is 0 Å². The first-order valence-electron chi connectivity index (χ1n) is 4.79. The lowest BCUT2D eigenvalue weighted by molar-refractivity contribution is -0.128. The van der Waals surface area contributed by atoms with Crippen molar-refractivity contribution in [1.29, 1.82) is 0 Å². The van der Waals surface area contributed by atoms with Crippen LogP contribution in [0.1, 0.15) is 10.4 Å². The number of anilines is 1. The number of carboxylic acid groups (broad SMARTS) is 1. The molecule has 1 rings (SSSR count). The molecular weight excluding hydrogens is 226 g/mol. The fourth-order valence-electron chi connectivity index (χ4n) is 1.24. The molecule has 6 heteroatoms. The number of ether oxygens (including phenoxy) is 1. The molecule has 0 aromatic heterocycles. The zero-order chi connectivity index (χ0) is 12.7. The van der Waals surface area contributed by atoms with E-state index in [1.807, 2.05) is 0 Å². The van der Waals surface area contributed by atoms with Gasteiger partial charge in [-0.05, 0) is 24.3 Å². The molecule has 17 heavy (non-hydrogen) atoms. The Morgan fingerprint density at radius 2 is 1.94 bits per heavy atom. The lowest BCUT2D eigenvalue weighted by Crippen LogP contribution is -2.25. The fraction of sp³-hybridized carbons (Fsp3) is 0.182. The lowest BCUT2D eigenvalue weighted by Gasteiger charge is -2.16. The molecule has 90 valence electrons. The van der Waals surface area contributed by atoms with Crippen LogP contribution < -0.4 is 4.90 Å². The second-order valence-electron chi connectivity index (χ2n) is 3.12. The third kappa shape index (κ3) is 3.60. The van der Waals surface area contributed by atoms with Gasteiger partial charge in [0.1, 0.15) is 6.61 Å². The first-order valence-corrected chi connectivity index (χ1v) is 4.79. The number of carbonyl (C=O) groups is 3. The molecular formula is C11H11NO5. The Hall–Kier alpha value is -2.37. The monoisotopic (exact) mass is 237 g/mol. The van der Waals surface area contributed by atoms with Crippen molar-refractivity contribution in [2.45, 2.75) is 0 Å². The molecule has 0 aliphatic heterocycles. The molecule has 0 fully saturated rings. The standard InChI is InChI=1S/C11H11NO5/c13-7-12(5-6-17-8-14)10-3-1-9(2-4-10)11(15)16/h1-4,7-8H,5-6H2,(H,15,16). The molecule has 0 bridgehead atoms. The van der Waals surface area contributed by atoms with E-state index in [0.29, 0.717) is 18.6 Å². The number of amides is 1. The van der Waals surface area contributed by atoms with Gasteiger partial charge in [0.25, 0.3) is 6.47 Å². The zero-order valence-corrected chi connectivity index (χ0v) is 8.91. The summed E-state index contributed by atoms with van der Waals surface area (Å²) in [6.45, 7) is 0.605. The van der Waals surface area contributed by atoms with Crippen molar-refractivity contribution in [3.63, 3.8) is 0 Å². The quantitative estimate of drug-likeness (QED) is 0.552. The van der Waals surface area contributed by atoms with E-state index in [1.54, 1.807) is 0 Å². The molecule has 0 aliphatic rings. The van der Waals surface area contributed by atoms with E-state index in [0.717, 1.165) is 0 Å². The fourth-order valence-corrected chi connectivity index (χ4v) is 1.24. The Labute approximate surface area is 97.4 Å². The maximum atomic E-state index is 10.8. The molecule has 6 nitrogen and oxygen atoms in total. The second-order valence-corrected chi connectivity index (χ2v) is 3.12. The van der Waals surface area contributed by atoms with Crippen molar-refractivity contribution in [3.05, 3.63) is 29.8 Å². The van der Waals surface area contributed by atoms with Crippen LogP contribution in [0.25, 0.3) is 0 Å². The van der Waals surface area contributed by atoms with Crippen LogP contribution in [0.2, 0.25) is 0 Å². The van der Waals surface area contributed by atoms with Gasteiger partial charge in [0.2, 0.25) is 6.41 Å². The average molecular weight is 237 g/mol. The molecule has 0 saturated heterocycles. The Balaban J connectivity index is 2.71. The number of aromatic carboxylic acids is 1. The Bertz CT molecular complexity index is 401. The van der Waals surface area contributed by atoms with Gasteiger partial charge in [0.15, 0.2) is 0 Å². The van der Waals surface area contributed by atoms with Gasteiger partial charge in [-0.1, -0.05) is 0 Å². The van der Waals surface area contributed by atoms with Crippen LogP contribution in [-0.2, 0) is 14.3 Å². The van der Waals surface area contributed by atoms with E-state index >= 15 is 0 Å². The van der Waals surface area contributed by atoms with Crippen molar-refractivity contribution < 1.29 is 24.2 Å². The maximum absolute atomic E-state index is 10.8. The van der Waals surface area contributed by atoms with E-state index < -0.39 is 5.97 Å². The number of rotatable bonds is 7. The molecule has 0 unspecified atom stereocenters. The highest BCUT2D eigenvalue weighted by Crippen LogP contribution is 2.13. The Morgan fingerprint density at radius 3 is 2.41 bits per heavy atom. The van der Waals surface area contributed by atoms with Gasteiger partial charge in [0, 0.05) is 5.69 Å².